The highest BCUT2D eigenvalue weighted by Crippen LogP contribution is 2.26. The largest absolute Gasteiger partial charge is 0.411 e. The lowest BCUT2D eigenvalue weighted by molar-refractivity contribution is 0.138. The van der Waals surface area contributed by atoms with Crippen molar-refractivity contribution < 1.29 is 10.3 Å². The van der Waals surface area contributed by atoms with Crippen molar-refractivity contribution in [1.29, 1.82) is 0 Å². The van der Waals surface area contributed by atoms with Gasteiger partial charge in [0.2, 0.25) is 0 Å². The number of aliphatic hydroxyl groups excluding tert-OH is 1. The van der Waals surface area contributed by atoms with Gasteiger partial charge in [-0.3, -0.25) is 0 Å². The molecular weight excluding hydrogens is 262 g/mol. The van der Waals surface area contributed by atoms with E-state index in [0.717, 1.165) is 37.7 Å². The van der Waals surface area contributed by atoms with E-state index in [2.05, 4.69) is 25.9 Å². The van der Waals surface area contributed by atoms with Crippen molar-refractivity contribution in [3.63, 3.8) is 0 Å². The smallest absolute Gasteiger partial charge is 0.116 e. The molecule has 0 aromatic heterocycles. The molecule has 118 valence electrons. The molecule has 1 aromatic carbocycles. The Hall–Kier alpha value is -1.35. The number of rotatable bonds is 9. The first-order valence-corrected chi connectivity index (χ1v) is 8.09. The Morgan fingerprint density at radius 3 is 2.38 bits per heavy atom. The number of nitrogens with zero attached hydrogens (tertiary/aromatic N) is 1. The molecule has 1 rings (SSSR count). The van der Waals surface area contributed by atoms with Gasteiger partial charge in [0.25, 0.3) is 0 Å². The molecule has 21 heavy (non-hydrogen) atoms. The Morgan fingerprint density at radius 2 is 1.86 bits per heavy atom. The predicted octanol–water partition coefficient (Wildman–Crippen LogP) is 4.47. The Balaban J connectivity index is 2.88. The van der Waals surface area contributed by atoms with Crippen LogP contribution in [0.2, 0.25) is 0 Å². The number of aliphatic hydroxyl groups is 1. The van der Waals surface area contributed by atoms with Crippen molar-refractivity contribution in [3.8, 4) is 0 Å². The Bertz CT molecular complexity index is 416. The van der Waals surface area contributed by atoms with Gasteiger partial charge < -0.3 is 10.3 Å². The first kappa shape index (κ1) is 17.7. The SMILES string of the molecule is CCCCC(CC(C)CC)C(O)C(=NO)c1ccccc1. The second-order valence-electron chi connectivity index (χ2n) is 5.95. The first-order valence-electron chi connectivity index (χ1n) is 8.09. The molecule has 0 saturated carbocycles. The van der Waals surface area contributed by atoms with Gasteiger partial charge in [0, 0.05) is 5.56 Å². The van der Waals surface area contributed by atoms with E-state index in [1.165, 1.54) is 0 Å². The Labute approximate surface area is 128 Å². The summed E-state index contributed by atoms with van der Waals surface area (Å²) in [5.74, 6) is 0.711. The number of unbranched alkanes of at least 4 members (excludes halogenated alkanes) is 1. The van der Waals surface area contributed by atoms with Crippen LogP contribution in [0.4, 0.5) is 0 Å². The lowest BCUT2D eigenvalue weighted by atomic mass is 9.83. The van der Waals surface area contributed by atoms with Crippen LogP contribution in [0.15, 0.2) is 35.5 Å². The van der Waals surface area contributed by atoms with Crippen molar-refractivity contribution >= 4 is 5.71 Å². The van der Waals surface area contributed by atoms with Crippen LogP contribution >= 0.6 is 0 Å². The van der Waals surface area contributed by atoms with Gasteiger partial charge in [-0.2, -0.15) is 0 Å². The topological polar surface area (TPSA) is 52.8 Å². The summed E-state index contributed by atoms with van der Waals surface area (Å²) in [6, 6.07) is 9.45. The minimum Gasteiger partial charge on any atom is -0.411 e. The maximum atomic E-state index is 10.7. The molecular formula is C18H29NO2. The fourth-order valence-corrected chi connectivity index (χ4v) is 2.67. The molecule has 2 N–H and O–H groups in total. The van der Waals surface area contributed by atoms with Gasteiger partial charge in [-0.25, -0.2) is 0 Å². The molecule has 1 aromatic rings. The van der Waals surface area contributed by atoms with E-state index >= 15 is 0 Å². The van der Waals surface area contributed by atoms with Gasteiger partial charge in [-0.1, -0.05) is 75.5 Å². The number of benzene rings is 1. The summed E-state index contributed by atoms with van der Waals surface area (Å²) in [5.41, 5.74) is 1.18. The summed E-state index contributed by atoms with van der Waals surface area (Å²) in [4.78, 5) is 0. The summed E-state index contributed by atoms with van der Waals surface area (Å²) in [6.07, 6.45) is 4.52. The molecule has 0 saturated heterocycles. The first-order chi connectivity index (χ1) is 10.1. The van der Waals surface area contributed by atoms with Gasteiger partial charge in [0.15, 0.2) is 0 Å². The molecule has 3 unspecified atom stereocenters. The van der Waals surface area contributed by atoms with Crippen LogP contribution in [0.3, 0.4) is 0 Å². The highest BCUT2D eigenvalue weighted by Gasteiger charge is 2.26. The molecule has 0 heterocycles. The lowest BCUT2D eigenvalue weighted by Gasteiger charge is -2.26. The maximum Gasteiger partial charge on any atom is 0.116 e. The molecule has 0 aliphatic carbocycles. The summed E-state index contributed by atoms with van der Waals surface area (Å²) >= 11 is 0. The minimum absolute atomic E-state index is 0.144. The van der Waals surface area contributed by atoms with E-state index in [0.29, 0.717) is 11.6 Å². The third-order valence-corrected chi connectivity index (χ3v) is 4.23. The number of oxime groups is 1. The summed E-state index contributed by atoms with van der Waals surface area (Å²) in [6.45, 7) is 6.54. The monoisotopic (exact) mass is 291 g/mol. The zero-order valence-electron chi connectivity index (χ0n) is 13.5. The highest BCUT2D eigenvalue weighted by molar-refractivity contribution is 6.03. The lowest BCUT2D eigenvalue weighted by Crippen LogP contribution is -2.31. The van der Waals surface area contributed by atoms with Crippen LogP contribution in [0.1, 0.15) is 58.4 Å². The quantitative estimate of drug-likeness (QED) is 0.401. The summed E-state index contributed by atoms with van der Waals surface area (Å²) in [5, 5.41) is 23.4. The van der Waals surface area contributed by atoms with Crippen LogP contribution in [-0.4, -0.2) is 22.1 Å². The van der Waals surface area contributed by atoms with Crippen molar-refractivity contribution in [3.05, 3.63) is 35.9 Å². The van der Waals surface area contributed by atoms with E-state index in [1.54, 1.807) is 0 Å². The fourth-order valence-electron chi connectivity index (χ4n) is 2.67. The molecule has 3 nitrogen and oxygen atoms in total. The van der Waals surface area contributed by atoms with Crippen LogP contribution in [-0.2, 0) is 0 Å². The molecule has 0 spiro atoms. The second-order valence-corrected chi connectivity index (χ2v) is 5.95. The molecule has 0 aliphatic heterocycles. The van der Waals surface area contributed by atoms with Gasteiger partial charge in [-0.15, -0.1) is 0 Å². The Kier molecular flexibility index (Phi) is 8.06. The van der Waals surface area contributed by atoms with Crippen molar-refractivity contribution in [2.45, 2.75) is 59.0 Å². The van der Waals surface area contributed by atoms with E-state index in [-0.39, 0.29) is 5.92 Å². The zero-order valence-corrected chi connectivity index (χ0v) is 13.5. The molecule has 0 fully saturated rings. The molecule has 0 radical (unpaired) electrons. The molecule has 3 atom stereocenters. The molecule has 0 bridgehead atoms. The second kappa shape index (κ2) is 9.56. The summed E-state index contributed by atoms with van der Waals surface area (Å²) in [7, 11) is 0. The zero-order chi connectivity index (χ0) is 15.7. The van der Waals surface area contributed by atoms with Crippen LogP contribution < -0.4 is 0 Å². The fraction of sp³-hybridized carbons (Fsp3) is 0.611. The van der Waals surface area contributed by atoms with Crippen LogP contribution in [0.5, 0.6) is 0 Å². The minimum atomic E-state index is -0.710. The number of hydrogen-bond acceptors (Lipinski definition) is 3. The van der Waals surface area contributed by atoms with Crippen molar-refractivity contribution in [2.75, 3.05) is 0 Å². The standard InChI is InChI=1S/C18H29NO2/c1-4-6-10-16(13-14(3)5-2)18(20)17(19-21)15-11-8-7-9-12-15/h7-9,11-12,14,16,18,20-21H,4-6,10,13H2,1-3H3. The van der Waals surface area contributed by atoms with E-state index < -0.39 is 6.10 Å². The maximum absolute atomic E-state index is 10.7. The average molecular weight is 291 g/mol. The molecule has 0 aliphatic rings. The van der Waals surface area contributed by atoms with Gasteiger partial charge >= 0.3 is 0 Å². The molecule has 3 heteroatoms. The molecule has 0 amide bonds. The van der Waals surface area contributed by atoms with E-state index in [1.807, 2.05) is 30.3 Å². The van der Waals surface area contributed by atoms with Crippen molar-refractivity contribution in [2.24, 2.45) is 17.0 Å². The van der Waals surface area contributed by atoms with Gasteiger partial charge in [0.05, 0.1) is 0 Å². The van der Waals surface area contributed by atoms with E-state index in [4.69, 9.17) is 0 Å². The Morgan fingerprint density at radius 1 is 1.19 bits per heavy atom. The number of hydrogen-bond donors (Lipinski definition) is 2. The summed E-state index contributed by atoms with van der Waals surface area (Å²) < 4.78 is 0. The normalized spacial score (nSPS) is 16.5. The van der Waals surface area contributed by atoms with Crippen LogP contribution in [0, 0.1) is 11.8 Å². The van der Waals surface area contributed by atoms with E-state index in [9.17, 15) is 10.3 Å². The van der Waals surface area contributed by atoms with Crippen LogP contribution in [0.25, 0.3) is 0 Å². The highest BCUT2D eigenvalue weighted by atomic mass is 16.4. The third-order valence-electron chi connectivity index (χ3n) is 4.23. The van der Waals surface area contributed by atoms with Gasteiger partial charge in [-0.05, 0) is 24.7 Å². The van der Waals surface area contributed by atoms with Crippen molar-refractivity contribution in [1.82, 2.24) is 0 Å². The third kappa shape index (κ3) is 5.50. The predicted molar refractivity (Wildman–Crippen MR) is 87.9 cm³/mol. The van der Waals surface area contributed by atoms with Gasteiger partial charge in [0.1, 0.15) is 11.8 Å². The average Bonchev–Trinajstić information content (AvgIpc) is 2.52.